The SMILES string of the molecule is Cc1nc(C)c(C(C)NCc2ccc(F)cc2Cl)s1. The molecule has 0 saturated heterocycles. The quantitative estimate of drug-likeness (QED) is 0.905. The largest absolute Gasteiger partial charge is 0.305 e. The standard InChI is InChI=1S/C14H16ClFN2S/c1-8(14-9(2)18-10(3)19-14)17-7-11-4-5-12(16)6-13(11)15/h4-6,8,17H,7H2,1-3H3. The van der Waals surface area contributed by atoms with Gasteiger partial charge in [0.2, 0.25) is 0 Å². The molecule has 0 spiro atoms. The number of hydrogen-bond acceptors (Lipinski definition) is 3. The van der Waals surface area contributed by atoms with E-state index in [1.807, 2.05) is 13.8 Å². The molecule has 5 heteroatoms. The van der Waals surface area contributed by atoms with Crippen LogP contribution in [0.5, 0.6) is 0 Å². The second-order valence-electron chi connectivity index (χ2n) is 4.52. The van der Waals surface area contributed by atoms with Crippen molar-refractivity contribution >= 4 is 22.9 Å². The van der Waals surface area contributed by atoms with Gasteiger partial charge in [-0.25, -0.2) is 9.37 Å². The maximum absolute atomic E-state index is 13.0. The monoisotopic (exact) mass is 298 g/mol. The Balaban J connectivity index is 2.04. The zero-order valence-corrected chi connectivity index (χ0v) is 12.7. The van der Waals surface area contributed by atoms with E-state index in [4.69, 9.17) is 11.6 Å². The van der Waals surface area contributed by atoms with E-state index >= 15 is 0 Å². The van der Waals surface area contributed by atoms with Gasteiger partial charge >= 0.3 is 0 Å². The number of rotatable bonds is 4. The van der Waals surface area contributed by atoms with Crippen LogP contribution in [-0.4, -0.2) is 4.98 Å². The number of aromatic nitrogens is 1. The van der Waals surface area contributed by atoms with Crippen LogP contribution in [0.15, 0.2) is 18.2 Å². The second kappa shape index (κ2) is 5.99. The predicted octanol–water partition coefficient (Wildman–Crippen LogP) is 4.40. The Hall–Kier alpha value is -0.970. The molecule has 0 saturated carbocycles. The number of nitrogens with zero attached hydrogens (tertiary/aromatic N) is 1. The highest BCUT2D eigenvalue weighted by atomic mass is 35.5. The Morgan fingerprint density at radius 1 is 1.42 bits per heavy atom. The lowest BCUT2D eigenvalue weighted by molar-refractivity contribution is 0.577. The van der Waals surface area contributed by atoms with E-state index in [0.717, 1.165) is 16.3 Å². The maximum Gasteiger partial charge on any atom is 0.124 e. The van der Waals surface area contributed by atoms with E-state index in [2.05, 4.69) is 17.2 Å². The summed E-state index contributed by atoms with van der Waals surface area (Å²) in [7, 11) is 0. The van der Waals surface area contributed by atoms with Gasteiger partial charge in [0.1, 0.15) is 5.82 Å². The van der Waals surface area contributed by atoms with E-state index < -0.39 is 0 Å². The normalized spacial score (nSPS) is 12.7. The molecule has 102 valence electrons. The highest BCUT2D eigenvalue weighted by Crippen LogP contribution is 2.25. The highest BCUT2D eigenvalue weighted by Gasteiger charge is 2.13. The first-order valence-electron chi connectivity index (χ1n) is 6.08. The summed E-state index contributed by atoms with van der Waals surface area (Å²) >= 11 is 7.70. The molecule has 0 aliphatic rings. The molecule has 0 aliphatic carbocycles. The first-order chi connectivity index (χ1) is 8.97. The Morgan fingerprint density at radius 3 is 2.74 bits per heavy atom. The van der Waals surface area contributed by atoms with E-state index in [1.54, 1.807) is 17.4 Å². The van der Waals surface area contributed by atoms with Crippen molar-refractivity contribution in [3.05, 3.63) is 50.2 Å². The molecule has 2 aromatic rings. The van der Waals surface area contributed by atoms with Crippen molar-refractivity contribution in [1.29, 1.82) is 0 Å². The van der Waals surface area contributed by atoms with Gasteiger partial charge < -0.3 is 5.32 Å². The molecule has 0 radical (unpaired) electrons. The molecule has 0 bridgehead atoms. The van der Waals surface area contributed by atoms with Crippen molar-refractivity contribution in [2.45, 2.75) is 33.4 Å². The lowest BCUT2D eigenvalue weighted by Crippen LogP contribution is -2.18. The van der Waals surface area contributed by atoms with Crippen LogP contribution in [0.25, 0.3) is 0 Å². The van der Waals surface area contributed by atoms with Gasteiger partial charge in [-0.1, -0.05) is 17.7 Å². The minimum atomic E-state index is -0.310. The number of aryl methyl sites for hydroxylation is 2. The molecule has 1 unspecified atom stereocenters. The molecule has 2 rings (SSSR count). The van der Waals surface area contributed by atoms with Crippen LogP contribution in [0.4, 0.5) is 4.39 Å². The average molecular weight is 299 g/mol. The van der Waals surface area contributed by atoms with Crippen molar-refractivity contribution in [2.24, 2.45) is 0 Å². The average Bonchev–Trinajstić information content (AvgIpc) is 2.67. The summed E-state index contributed by atoms with van der Waals surface area (Å²) < 4.78 is 13.0. The molecule has 2 nitrogen and oxygen atoms in total. The van der Waals surface area contributed by atoms with Crippen molar-refractivity contribution in [3.8, 4) is 0 Å². The van der Waals surface area contributed by atoms with Gasteiger partial charge in [-0.05, 0) is 38.5 Å². The molecule has 0 fully saturated rings. The predicted molar refractivity (Wildman–Crippen MR) is 78.3 cm³/mol. The van der Waals surface area contributed by atoms with E-state index in [9.17, 15) is 4.39 Å². The zero-order chi connectivity index (χ0) is 14.0. The number of hydrogen-bond donors (Lipinski definition) is 1. The first-order valence-corrected chi connectivity index (χ1v) is 7.28. The lowest BCUT2D eigenvalue weighted by atomic mass is 10.2. The zero-order valence-electron chi connectivity index (χ0n) is 11.1. The Labute approximate surface area is 121 Å². The van der Waals surface area contributed by atoms with E-state index in [-0.39, 0.29) is 11.9 Å². The molecule has 1 aromatic heterocycles. The van der Waals surface area contributed by atoms with Gasteiger partial charge in [-0.15, -0.1) is 11.3 Å². The molecule has 1 atom stereocenters. The van der Waals surface area contributed by atoms with Crippen molar-refractivity contribution in [1.82, 2.24) is 10.3 Å². The molecule has 0 aliphatic heterocycles. The number of nitrogens with one attached hydrogen (secondary N) is 1. The fraction of sp³-hybridized carbons (Fsp3) is 0.357. The number of benzene rings is 1. The van der Waals surface area contributed by atoms with Crippen LogP contribution in [0, 0.1) is 19.7 Å². The summed E-state index contributed by atoms with van der Waals surface area (Å²) in [6, 6.07) is 4.68. The lowest BCUT2D eigenvalue weighted by Gasteiger charge is -2.13. The van der Waals surface area contributed by atoms with Crippen LogP contribution in [0.3, 0.4) is 0 Å². The number of thiazole rings is 1. The van der Waals surface area contributed by atoms with Gasteiger partial charge in [0, 0.05) is 22.5 Å². The molecular weight excluding hydrogens is 283 g/mol. The number of halogens is 2. The summed E-state index contributed by atoms with van der Waals surface area (Å²) in [4.78, 5) is 5.65. The van der Waals surface area contributed by atoms with Crippen LogP contribution in [0.1, 0.15) is 34.1 Å². The highest BCUT2D eigenvalue weighted by molar-refractivity contribution is 7.11. The van der Waals surface area contributed by atoms with Crippen LogP contribution < -0.4 is 5.32 Å². The summed E-state index contributed by atoms with van der Waals surface area (Å²) in [6.07, 6.45) is 0. The van der Waals surface area contributed by atoms with E-state index in [1.165, 1.54) is 17.0 Å². The summed E-state index contributed by atoms with van der Waals surface area (Å²) in [5, 5.41) is 4.92. The molecule has 1 N–H and O–H groups in total. The van der Waals surface area contributed by atoms with Crippen molar-refractivity contribution < 1.29 is 4.39 Å². The van der Waals surface area contributed by atoms with E-state index in [0.29, 0.717) is 11.6 Å². The third kappa shape index (κ3) is 3.53. The van der Waals surface area contributed by atoms with Gasteiger partial charge in [-0.2, -0.15) is 0 Å². The summed E-state index contributed by atoms with van der Waals surface area (Å²) in [5.74, 6) is -0.310. The molecule has 1 heterocycles. The minimum Gasteiger partial charge on any atom is -0.305 e. The van der Waals surface area contributed by atoms with Gasteiger partial charge in [0.25, 0.3) is 0 Å². The summed E-state index contributed by atoms with van der Waals surface area (Å²) in [6.45, 7) is 6.72. The van der Waals surface area contributed by atoms with Crippen LogP contribution >= 0.6 is 22.9 Å². The Morgan fingerprint density at radius 2 is 2.16 bits per heavy atom. The van der Waals surface area contributed by atoms with Crippen molar-refractivity contribution in [3.63, 3.8) is 0 Å². The van der Waals surface area contributed by atoms with Crippen LogP contribution in [0.2, 0.25) is 5.02 Å². The fourth-order valence-electron chi connectivity index (χ4n) is 1.97. The van der Waals surface area contributed by atoms with Gasteiger partial charge in [0.15, 0.2) is 0 Å². The molecule has 1 aromatic carbocycles. The Bertz CT molecular complexity index is 583. The fourth-order valence-corrected chi connectivity index (χ4v) is 3.16. The van der Waals surface area contributed by atoms with Crippen molar-refractivity contribution in [2.75, 3.05) is 0 Å². The smallest absolute Gasteiger partial charge is 0.124 e. The van der Waals surface area contributed by atoms with Crippen LogP contribution in [-0.2, 0) is 6.54 Å². The third-order valence-electron chi connectivity index (χ3n) is 2.95. The molecule has 19 heavy (non-hydrogen) atoms. The Kier molecular flexibility index (Phi) is 4.55. The van der Waals surface area contributed by atoms with Gasteiger partial charge in [-0.3, -0.25) is 0 Å². The van der Waals surface area contributed by atoms with Gasteiger partial charge in [0.05, 0.1) is 10.7 Å². The summed E-state index contributed by atoms with van der Waals surface area (Å²) in [5.41, 5.74) is 1.96. The first kappa shape index (κ1) is 14.4. The molecular formula is C14H16ClFN2S. The molecule has 0 amide bonds. The minimum absolute atomic E-state index is 0.201. The maximum atomic E-state index is 13.0. The topological polar surface area (TPSA) is 24.9 Å². The second-order valence-corrected chi connectivity index (χ2v) is 6.16. The third-order valence-corrected chi connectivity index (χ3v) is 4.55.